The van der Waals surface area contributed by atoms with Gasteiger partial charge in [0.15, 0.2) is 5.82 Å². The van der Waals surface area contributed by atoms with E-state index >= 15 is 0 Å². The first-order valence-electron chi connectivity index (χ1n) is 7.52. The first-order chi connectivity index (χ1) is 11.0. The summed E-state index contributed by atoms with van der Waals surface area (Å²) in [4.78, 5) is 13.7. The Morgan fingerprint density at radius 2 is 2.09 bits per heavy atom. The topological polar surface area (TPSA) is 72.3 Å². The van der Waals surface area contributed by atoms with Gasteiger partial charge in [-0.25, -0.2) is 4.79 Å². The van der Waals surface area contributed by atoms with Crippen molar-refractivity contribution in [1.29, 1.82) is 0 Å². The number of ether oxygens (including phenoxy) is 1. The van der Waals surface area contributed by atoms with E-state index in [0.717, 1.165) is 5.75 Å². The van der Waals surface area contributed by atoms with Crippen molar-refractivity contribution in [3.8, 4) is 5.75 Å². The van der Waals surface area contributed by atoms with Crippen molar-refractivity contribution in [1.82, 2.24) is 25.0 Å². The smallest absolute Gasteiger partial charge is 0.317 e. The van der Waals surface area contributed by atoms with E-state index in [1.165, 1.54) is 5.56 Å². The first kappa shape index (κ1) is 16.8. The third kappa shape index (κ3) is 4.70. The minimum atomic E-state index is -0.213. The van der Waals surface area contributed by atoms with Gasteiger partial charge in [0.2, 0.25) is 0 Å². The van der Waals surface area contributed by atoms with Crippen molar-refractivity contribution >= 4 is 6.03 Å². The fourth-order valence-electron chi connectivity index (χ4n) is 2.08. The number of benzene rings is 1. The number of aromatic nitrogens is 3. The molecule has 1 aromatic carbocycles. The van der Waals surface area contributed by atoms with Gasteiger partial charge in [0.25, 0.3) is 0 Å². The third-order valence-electron chi connectivity index (χ3n) is 3.54. The molecule has 2 aromatic rings. The Hall–Kier alpha value is -2.57. The zero-order valence-electron chi connectivity index (χ0n) is 14.0. The lowest BCUT2D eigenvalue weighted by Gasteiger charge is -2.21. The largest absolute Gasteiger partial charge is 0.492 e. The highest BCUT2D eigenvalue weighted by molar-refractivity contribution is 5.74. The first-order valence-corrected chi connectivity index (χ1v) is 7.52. The molecule has 1 heterocycles. The predicted molar refractivity (Wildman–Crippen MR) is 87.3 cm³/mol. The average Bonchev–Trinajstić information content (AvgIpc) is 2.95. The minimum absolute atomic E-state index is 0.173. The predicted octanol–water partition coefficient (Wildman–Crippen LogP) is 1.90. The number of carbonyl (C=O) groups excluding carboxylic acids is 1. The van der Waals surface area contributed by atoms with E-state index in [1.807, 2.05) is 45.2 Å². The number of rotatable bonds is 6. The molecule has 7 nitrogen and oxygen atoms in total. The van der Waals surface area contributed by atoms with Gasteiger partial charge in [-0.2, -0.15) is 0 Å². The molecule has 0 radical (unpaired) electrons. The van der Waals surface area contributed by atoms with Crippen LogP contribution in [0, 0.1) is 6.92 Å². The monoisotopic (exact) mass is 317 g/mol. The Kier molecular flexibility index (Phi) is 5.56. The molecule has 2 rings (SSSR count). The van der Waals surface area contributed by atoms with Crippen molar-refractivity contribution in [2.24, 2.45) is 7.05 Å². The number of carbonyl (C=O) groups is 1. The van der Waals surface area contributed by atoms with Crippen molar-refractivity contribution in [3.63, 3.8) is 0 Å². The number of nitrogens with zero attached hydrogens (tertiary/aromatic N) is 4. The van der Waals surface area contributed by atoms with E-state index in [1.54, 1.807) is 22.8 Å². The number of urea groups is 1. The fraction of sp³-hybridized carbons (Fsp3) is 0.438. The van der Waals surface area contributed by atoms with Gasteiger partial charge in [-0.1, -0.05) is 17.7 Å². The van der Waals surface area contributed by atoms with Crippen LogP contribution in [0.3, 0.4) is 0 Å². The van der Waals surface area contributed by atoms with Crippen molar-refractivity contribution in [2.75, 3.05) is 20.2 Å². The van der Waals surface area contributed by atoms with E-state index in [-0.39, 0.29) is 12.1 Å². The molecule has 124 valence electrons. The summed E-state index contributed by atoms with van der Waals surface area (Å²) >= 11 is 0. The average molecular weight is 317 g/mol. The molecule has 0 saturated heterocycles. The summed E-state index contributed by atoms with van der Waals surface area (Å²) in [6, 6.07) is 7.45. The Balaban J connectivity index is 1.76. The van der Waals surface area contributed by atoms with Gasteiger partial charge in [0.05, 0.1) is 12.6 Å². The number of likely N-dealkylation sites (N-methyl/N-ethyl adjacent to an activating group) is 1. The van der Waals surface area contributed by atoms with Crippen LogP contribution in [0.5, 0.6) is 5.75 Å². The SMILES string of the molecule is Cc1ccc(OCCN(C)C(=O)N[C@@H](C)c2nncn2C)cc1. The summed E-state index contributed by atoms with van der Waals surface area (Å²) in [6.45, 7) is 4.83. The number of nitrogens with one attached hydrogen (secondary N) is 1. The second-order valence-electron chi connectivity index (χ2n) is 5.55. The molecule has 0 aliphatic heterocycles. The van der Waals surface area contributed by atoms with E-state index in [9.17, 15) is 4.79 Å². The Labute approximate surface area is 136 Å². The van der Waals surface area contributed by atoms with Crippen molar-refractivity contribution < 1.29 is 9.53 Å². The van der Waals surface area contributed by atoms with Gasteiger partial charge >= 0.3 is 6.03 Å². The van der Waals surface area contributed by atoms with Gasteiger partial charge in [-0.3, -0.25) is 0 Å². The van der Waals surface area contributed by atoms with Gasteiger partial charge in [0, 0.05) is 14.1 Å². The molecule has 0 aliphatic carbocycles. The number of amides is 2. The van der Waals surface area contributed by atoms with E-state index in [4.69, 9.17) is 4.74 Å². The van der Waals surface area contributed by atoms with E-state index < -0.39 is 0 Å². The molecule has 1 atom stereocenters. The molecule has 0 saturated carbocycles. The van der Waals surface area contributed by atoms with Gasteiger partial charge in [0.1, 0.15) is 18.7 Å². The van der Waals surface area contributed by atoms with E-state index in [2.05, 4.69) is 15.5 Å². The maximum atomic E-state index is 12.1. The minimum Gasteiger partial charge on any atom is -0.492 e. The summed E-state index contributed by atoms with van der Waals surface area (Å²) in [6.07, 6.45) is 1.61. The van der Waals surface area contributed by atoms with Crippen LogP contribution < -0.4 is 10.1 Å². The zero-order chi connectivity index (χ0) is 16.8. The summed E-state index contributed by atoms with van der Waals surface area (Å²) in [5, 5.41) is 10.7. The second kappa shape index (κ2) is 7.62. The van der Waals surface area contributed by atoms with Gasteiger partial charge < -0.3 is 19.5 Å². The number of aryl methyl sites for hydroxylation is 2. The molecule has 2 amide bonds. The summed E-state index contributed by atoms with van der Waals surface area (Å²) in [5.41, 5.74) is 1.19. The quantitative estimate of drug-likeness (QED) is 0.883. The lowest BCUT2D eigenvalue weighted by molar-refractivity contribution is 0.192. The van der Waals surface area contributed by atoms with Crippen molar-refractivity contribution in [3.05, 3.63) is 42.0 Å². The molecular formula is C16H23N5O2. The molecule has 0 fully saturated rings. The summed E-state index contributed by atoms with van der Waals surface area (Å²) in [7, 11) is 3.58. The molecule has 0 spiro atoms. The van der Waals surface area contributed by atoms with Crippen LogP contribution in [-0.4, -0.2) is 45.9 Å². The highest BCUT2D eigenvalue weighted by Crippen LogP contribution is 2.11. The normalized spacial score (nSPS) is 11.8. The lowest BCUT2D eigenvalue weighted by Crippen LogP contribution is -2.41. The van der Waals surface area contributed by atoms with Gasteiger partial charge in [-0.05, 0) is 26.0 Å². The Bertz CT molecular complexity index is 638. The fourth-order valence-corrected chi connectivity index (χ4v) is 2.08. The van der Waals surface area contributed by atoms with Crippen molar-refractivity contribution in [2.45, 2.75) is 19.9 Å². The van der Waals surface area contributed by atoms with E-state index in [0.29, 0.717) is 19.0 Å². The number of hydrogen-bond acceptors (Lipinski definition) is 4. The molecule has 0 unspecified atom stereocenters. The molecule has 1 aromatic heterocycles. The summed E-state index contributed by atoms with van der Waals surface area (Å²) in [5.74, 6) is 1.51. The van der Waals surface area contributed by atoms with Crippen LogP contribution in [0.15, 0.2) is 30.6 Å². The zero-order valence-corrected chi connectivity index (χ0v) is 14.0. The second-order valence-corrected chi connectivity index (χ2v) is 5.55. The lowest BCUT2D eigenvalue weighted by atomic mass is 10.2. The standard InChI is InChI=1S/C16H23N5O2/c1-12-5-7-14(8-6-12)23-10-9-20(3)16(22)18-13(2)15-19-17-11-21(15)4/h5-8,11,13H,9-10H2,1-4H3,(H,18,22)/t13-/m0/s1. The maximum absolute atomic E-state index is 12.1. The van der Waals surface area contributed by atoms with Crippen LogP contribution in [-0.2, 0) is 7.05 Å². The summed E-state index contributed by atoms with van der Waals surface area (Å²) < 4.78 is 7.41. The highest BCUT2D eigenvalue weighted by atomic mass is 16.5. The third-order valence-corrected chi connectivity index (χ3v) is 3.54. The molecular weight excluding hydrogens is 294 g/mol. The van der Waals surface area contributed by atoms with Crippen LogP contribution in [0.1, 0.15) is 24.4 Å². The van der Waals surface area contributed by atoms with Crippen LogP contribution in [0.2, 0.25) is 0 Å². The molecule has 7 heteroatoms. The molecule has 23 heavy (non-hydrogen) atoms. The number of hydrogen-bond donors (Lipinski definition) is 1. The molecule has 0 aliphatic rings. The molecule has 0 bridgehead atoms. The highest BCUT2D eigenvalue weighted by Gasteiger charge is 2.16. The molecule has 1 N–H and O–H groups in total. The maximum Gasteiger partial charge on any atom is 0.317 e. The van der Waals surface area contributed by atoms with Crippen LogP contribution in [0.4, 0.5) is 4.79 Å². The van der Waals surface area contributed by atoms with Crippen LogP contribution >= 0.6 is 0 Å². The Morgan fingerprint density at radius 1 is 1.39 bits per heavy atom. The Morgan fingerprint density at radius 3 is 2.70 bits per heavy atom. The van der Waals surface area contributed by atoms with Gasteiger partial charge in [-0.15, -0.1) is 10.2 Å². The van der Waals surface area contributed by atoms with Crippen LogP contribution in [0.25, 0.3) is 0 Å².